The van der Waals surface area contributed by atoms with E-state index >= 15 is 17.6 Å². The van der Waals surface area contributed by atoms with Crippen LogP contribution in [0.1, 0.15) is 52.0 Å². The van der Waals surface area contributed by atoms with E-state index in [1.807, 2.05) is 0 Å². The maximum atomic E-state index is 15.2. The molecule has 1 aliphatic heterocycles. The van der Waals surface area contributed by atoms with E-state index in [-0.39, 0.29) is 49.0 Å². The van der Waals surface area contributed by atoms with Crippen molar-refractivity contribution in [3.63, 3.8) is 0 Å². The third-order valence-electron chi connectivity index (χ3n) is 7.23. The van der Waals surface area contributed by atoms with Crippen LogP contribution in [0.3, 0.4) is 0 Å². The predicted molar refractivity (Wildman–Crippen MR) is 142 cm³/mol. The Kier molecular flexibility index (Phi) is 9.44. The van der Waals surface area contributed by atoms with Gasteiger partial charge in [-0.2, -0.15) is 0 Å². The van der Waals surface area contributed by atoms with E-state index in [0.717, 1.165) is 12.1 Å². The first-order chi connectivity index (χ1) is 19.6. The van der Waals surface area contributed by atoms with Crippen LogP contribution in [-0.4, -0.2) is 65.9 Å². The van der Waals surface area contributed by atoms with E-state index in [0.29, 0.717) is 6.07 Å². The van der Waals surface area contributed by atoms with Crippen LogP contribution in [-0.2, 0) is 20.7 Å². The zero-order valence-electron chi connectivity index (χ0n) is 23.6. The summed E-state index contributed by atoms with van der Waals surface area (Å²) in [4.78, 5) is 26.4. The zero-order valence-corrected chi connectivity index (χ0v) is 23.6. The van der Waals surface area contributed by atoms with Gasteiger partial charge in [0.25, 0.3) is 5.92 Å². The van der Waals surface area contributed by atoms with Crippen molar-refractivity contribution in [3.8, 4) is 11.1 Å². The number of likely N-dealkylation sites (tertiary alicyclic amines) is 1. The Bertz CT molecular complexity index is 1280. The molecule has 230 valence electrons. The topological polar surface area (TPSA) is 67.9 Å². The van der Waals surface area contributed by atoms with Gasteiger partial charge in [-0.15, -0.1) is 0 Å². The number of benzene rings is 2. The van der Waals surface area contributed by atoms with Gasteiger partial charge >= 0.3 is 6.09 Å². The lowest BCUT2D eigenvalue weighted by Gasteiger charge is -2.42. The molecule has 0 bridgehead atoms. The number of hydrogen-bond acceptors (Lipinski definition) is 4. The van der Waals surface area contributed by atoms with Crippen LogP contribution in [0.4, 0.5) is 31.1 Å². The quantitative estimate of drug-likeness (QED) is 0.393. The molecule has 0 aromatic heterocycles. The molecule has 2 aromatic rings. The lowest BCUT2D eigenvalue weighted by atomic mass is 9.88. The molecule has 2 aliphatic rings. The highest BCUT2D eigenvalue weighted by atomic mass is 19.3. The third kappa shape index (κ3) is 7.76. The van der Waals surface area contributed by atoms with Gasteiger partial charge in [0, 0.05) is 24.6 Å². The summed E-state index contributed by atoms with van der Waals surface area (Å²) in [5, 5.41) is 2.26. The van der Waals surface area contributed by atoms with Crippen molar-refractivity contribution in [2.75, 3.05) is 13.1 Å². The van der Waals surface area contributed by atoms with E-state index in [4.69, 9.17) is 9.47 Å². The largest absolute Gasteiger partial charge is 0.444 e. The zero-order chi connectivity index (χ0) is 30.8. The lowest BCUT2D eigenvalue weighted by Crippen LogP contribution is -2.59. The van der Waals surface area contributed by atoms with Crippen LogP contribution in [0.2, 0.25) is 0 Å². The van der Waals surface area contributed by atoms with E-state index in [1.54, 1.807) is 20.8 Å². The Labute approximate surface area is 240 Å². The highest BCUT2D eigenvalue weighted by Crippen LogP contribution is 2.37. The number of nitrogens with one attached hydrogen (secondary N) is 1. The number of nitrogens with zero attached hydrogens (tertiary/aromatic N) is 1. The summed E-state index contributed by atoms with van der Waals surface area (Å²) < 4.78 is 98.8. The molecule has 42 heavy (non-hydrogen) atoms. The number of rotatable bonds is 6. The highest BCUT2D eigenvalue weighted by molar-refractivity contribution is 5.80. The fraction of sp³-hybridized carbons (Fsp3) is 0.533. The molecule has 1 saturated carbocycles. The number of ether oxygens (including phenoxy) is 2. The standard InChI is InChI=1S/C30H34F6N2O4/c1-29(2,3)42-28(40)38-11-9-23(22(33)16-38)41-24-8-5-10-30(35,36)27(24)37-25(39)14-17-6-4-7-21(26(17)34)18-12-19(31)15-20(32)13-18/h4,6-7,12-13,15,22-24,27H,5,8-11,14,16H2,1-3H3,(H,37,39)/t22-,23+,24+,27-/m1/s1. The summed E-state index contributed by atoms with van der Waals surface area (Å²) in [5.74, 6) is -7.04. The Morgan fingerprint density at radius 2 is 1.74 bits per heavy atom. The van der Waals surface area contributed by atoms with Gasteiger partial charge in [-0.05, 0) is 63.3 Å². The number of piperidine rings is 1. The lowest BCUT2D eigenvalue weighted by molar-refractivity contribution is -0.165. The molecule has 6 nitrogen and oxygen atoms in total. The normalized spacial score (nSPS) is 24.3. The molecular formula is C30H34F6N2O4. The summed E-state index contributed by atoms with van der Waals surface area (Å²) in [6.45, 7) is 4.82. The number of amides is 2. The Morgan fingerprint density at radius 3 is 2.38 bits per heavy atom. The van der Waals surface area contributed by atoms with Gasteiger partial charge in [-0.3, -0.25) is 4.79 Å². The highest BCUT2D eigenvalue weighted by Gasteiger charge is 2.50. The predicted octanol–water partition coefficient (Wildman–Crippen LogP) is 6.35. The van der Waals surface area contributed by atoms with Crippen LogP contribution >= 0.6 is 0 Å². The summed E-state index contributed by atoms with van der Waals surface area (Å²) in [6, 6.07) is 4.66. The van der Waals surface area contributed by atoms with Crippen molar-refractivity contribution >= 4 is 12.0 Å². The Hall–Kier alpha value is -3.28. The Morgan fingerprint density at radius 1 is 1.05 bits per heavy atom. The molecule has 1 heterocycles. The van der Waals surface area contributed by atoms with E-state index in [1.165, 1.54) is 23.1 Å². The molecule has 0 unspecified atom stereocenters. The van der Waals surface area contributed by atoms with Gasteiger partial charge in [-0.1, -0.05) is 18.2 Å². The smallest absolute Gasteiger partial charge is 0.410 e. The van der Waals surface area contributed by atoms with Crippen molar-refractivity contribution in [1.29, 1.82) is 0 Å². The van der Waals surface area contributed by atoms with Gasteiger partial charge in [-0.25, -0.2) is 31.1 Å². The minimum absolute atomic E-state index is 0.0435. The molecule has 1 N–H and O–H groups in total. The molecule has 4 rings (SSSR count). The van der Waals surface area contributed by atoms with E-state index < -0.39 is 78.2 Å². The molecular weight excluding hydrogens is 566 g/mol. The number of alkyl halides is 3. The minimum Gasteiger partial charge on any atom is -0.444 e. The van der Waals surface area contributed by atoms with Crippen LogP contribution < -0.4 is 5.32 Å². The molecule has 12 heteroatoms. The van der Waals surface area contributed by atoms with E-state index in [9.17, 15) is 18.4 Å². The maximum Gasteiger partial charge on any atom is 0.410 e. The first-order valence-electron chi connectivity index (χ1n) is 13.8. The van der Waals surface area contributed by atoms with Gasteiger partial charge in [0.15, 0.2) is 0 Å². The monoisotopic (exact) mass is 600 g/mol. The first kappa shape index (κ1) is 31.7. The van der Waals surface area contributed by atoms with Gasteiger partial charge in [0.2, 0.25) is 5.91 Å². The number of carbonyl (C=O) groups is 2. The fourth-order valence-corrected chi connectivity index (χ4v) is 5.28. The second-order valence-electron chi connectivity index (χ2n) is 11.8. The molecule has 1 saturated heterocycles. The van der Waals surface area contributed by atoms with Crippen molar-refractivity contribution in [1.82, 2.24) is 10.2 Å². The average Bonchev–Trinajstić information content (AvgIpc) is 2.86. The number of hydrogen-bond donors (Lipinski definition) is 1. The molecule has 0 spiro atoms. The van der Waals surface area contributed by atoms with Crippen LogP contribution in [0.15, 0.2) is 36.4 Å². The average molecular weight is 601 g/mol. The molecule has 4 atom stereocenters. The van der Waals surface area contributed by atoms with Crippen molar-refractivity contribution < 1.29 is 45.4 Å². The van der Waals surface area contributed by atoms with Crippen LogP contribution in [0, 0.1) is 17.5 Å². The van der Waals surface area contributed by atoms with Gasteiger partial charge in [0.05, 0.1) is 25.2 Å². The third-order valence-corrected chi connectivity index (χ3v) is 7.23. The number of halogens is 6. The summed E-state index contributed by atoms with van der Waals surface area (Å²) in [5.41, 5.74) is -1.17. The second kappa shape index (κ2) is 12.5. The van der Waals surface area contributed by atoms with Crippen molar-refractivity contribution in [2.24, 2.45) is 0 Å². The summed E-state index contributed by atoms with van der Waals surface area (Å²) in [7, 11) is 0. The van der Waals surface area contributed by atoms with Gasteiger partial charge < -0.3 is 19.7 Å². The van der Waals surface area contributed by atoms with Crippen molar-refractivity contribution in [2.45, 2.75) is 88.8 Å². The molecule has 2 fully saturated rings. The van der Waals surface area contributed by atoms with Crippen molar-refractivity contribution in [3.05, 3.63) is 59.4 Å². The molecule has 0 radical (unpaired) electrons. The maximum absolute atomic E-state index is 15.2. The minimum atomic E-state index is -3.37. The fourth-order valence-electron chi connectivity index (χ4n) is 5.28. The summed E-state index contributed by atoms with van der Waals surface area (Å²) in [6.07, 6.45) is -5.54. The SMILES string of the molecule is CC(C)(C)OC(=O)N1CC[C@H](O[C@H]2CCCC(F)(F)[C@@H]2NC(=O)Cc2cccc(-c3cc(F)cc(F)c3)c2F)[C@H](F)C1. The second-order valence-corrected chi connectivity index (χ2v) is 11.8. The van der Waals surface area contributed by atoms with Gasteiger partial charge in [0.1, 0.15) is 35.3 Å². The van der Waals surface area contributed by atoms with E-state index in [2.05, 4.69) is 5.32 Å². The molecule has 2 aromatic carbocycles. The Balaban J connectivity index is 1.43. The number of carbonyl (C=O) groups excluding carboxylic acids is 2. The van der Waals surface area contributed by atoms with Crippen LogP contribution in [0.5, 0.6) is 0 Å². The molecule has 2 amide bonds. The summed E-state index contributed by atoms with van der Waals surface area (Å²) >= 11 is 0. The first-order valence-corrected chi connectivity index (χ1v) is 13.8. The molecule has 1 aliphatic carbocycles. The van der Waals surface area contributed by atoms with Crippen LogP contribution in [0.25, 0.3) is 11.1 Å².